The summed E-state index contributed by atoms with van der Waals surface area (Å²) in [5, 5.41) is 3.47. The van der Waals surface area contributed by atoms with E-state index in [1.165, 1.54) is 0 Å². The van der Waals surface area contributed by atoms with Crippen LogP contribution in [0.4, 0.5) is 11.4 Å². The number of nitrogens with zero attached hydrogens (tertiary/aromatic N) is 1. The Morgan fingerprint density at radius 2 is 2.00 bits per heavy atom. The molecule has 140 valence electrons. The molecule has 5 nitrogen and oxygen atoms in total. The number of carbonyl (C=O) groups excluding carboxylic acids is 2. The number of Topliss-reactive ketones (excluding diaryl/α,β-unsaturated/α-hetero) is 1. The van der Waals surface area contributed by atoms with Gasteiger partial charge >= 0.3 is 0 Å². The second kappa shape index (κ2) is 6.41. The number of amides is 1. The molecule has 1 aromatic heterocycles. The molecule has 1 amide bonds. The van der Waals surface area contributed by atoms with Gasteiger partial charge in [0.1, 0.15) is 11.8 Å². The third-order valence-electron chi connectivity index (χ3n) is 5.28. The van der Waals surface area contributed by atoms with Crippen molar-refractivity contribution in [3.63, 3.8) is 0 Å². The van der Waals surface area contributed by atoms with Crippen molar-refractivity contribution >= 4 is 23.1 Å². The van der Waals surface area contributed by atoms with Crippen molar-refractivity contribution < 1.29 is 14.0 Å². The van der Waals surface area contributed by atoms with Crippen molar-refractivity contribution in [3.05, 3.63) is 59.7 Å². The highest BCUT2D eigenvalue weighted by Gasteiger charge is 2.43. The van der Waals surface area contributed by atoms with E-state index in [2.05, 4.69) is 19.2 Å². The average Bonchev–Trinajstić information content (AvgIpc) is 3.09. The number of carbonyl (C=O) groups is 2. The Balaban J connectivity index is 2.00. The third-order valence-corrected chi connectivity index (χ3v) is 5.28. The van der Waals surface area contributed by atoms with E-state index in [1.807, 2.05) is 37.3 Å². The maximum absolute atomic E-state index is 13.2. The van der Waals surface area contributed by atoms with E-state index in [0.717, 1.165) is 23.5 Å². The number of para-hydroxylation sites is 2. The predicted molar refractivity (Wildman–Crippen MR) is 104 cm³/mol. The molecule has 0 unspecified atom stereocenters. The molecule has 2 aromatic rings. The van der Waals surface area contributed by atoms with Crippen LogP contribution in [-0.4, -0.2) is 11.7 Å². The van der Waals surface area contributed by atoms with Crippen LogP contribution in [0.3, 0.4) is 0 Å². The van der Waals surface area contributed by atoms with Crippen molar-refractivity contribution in [1.82, 2.24) is 0 Å². The molecule has 0 saturated carbocycles. The number of ketones is 1. The maximum atomic E-state index is 13.2. The van der Waals surface area contributed by atoms with Gasteiger partial charge in [0.2, 0.25) is 5.91 Å². The zero-order chi connectivity index (χ0) is 19.2. The highest BCUT2D eigenvalue weighted by molar-refractivity contribution is 6.06. The first kappa shape index (κ1) is 17.6. The molecule has 1 N–H and O–H groups in total. The number of fused-ring (bicyclic) bond motifs is 1. The van der Waals surface area contributed by atoms with Gasteiger partial charge in [-0.3, -0.25) is 14.5 Å². The summed E-state index contributed by atoms with van der Waals surface area (Å²) in [5.74, 6) is 0.629. The maximum Gasteiger partial charge on any atom is 0.227 e. The van der Waals surface area contributed by atoms with E-state index in [-0.39, 0.29) is 17.1 Å². The minimum Gasteiger partial charge on any atom is -0.467 e. The lowest BCUT2D eigenvalue weighted by molar-refractivity contribution is -0.119. The monoisotopic (exact) mass is 364 g/mol. The lowest BCUT2D eigenvalue weighted by atomic mass is 9.74. The first-order valence-corrected chi connectivity index (χ1v) is 9.39. The summed E-state index contributed by atoms with van der Waals surface area (Å²) >= 11 is 0. The number of rotatable bonds is 2. The van der Waals surface area contributed by atoms with Gasteiger partial charge in [-0.05, 0) is 36.1 Å². The molecular weight excluding hydrogens is 340 g/mol. The van der Waals surface area contributed by atoms with Gasteiger partial charge in [-0.25, -0.2) is 0 Å². The van der Waals surface area contributed by atoms with Gasteiger partial charge in [-0.1, -0.05) is 32.9 Å². The van der Waals surface area contributed by atoms with E-state index < -0.39 is 6.04 Å². The summed E-state index contributed by atoms with van der Waals surface area (Å²) in [7, 11) is 0. The summed E-state index contributed by atoms with van der Waals surface area (Å²) in [5.41, 5.74) is 3.01. The molecule has 1 atom stereocenters. The summed E-state index contributed by atoms with van der Waals surface area (Å²) in [6.45, 7) is 6.04. The van der Waals surface area contributed by atoms with Crippen LogP contribution in [0, 0.1) is 5.41 Å². The fourth-order valence-electron chi connectivity index (χ4n) is 4.15. The first-order chi connectivity index (χ1) is 12.9. The summed E-state index contributed by atoms with van der Waals surface area (Å²) in [4.78, 5) is 28.0. The lowest BCUT2D eigenvalue weighted by Gasteiger charge is -2.36. The Labute approximate surface area is 159 Å². The minimum atomic E-state index is -0.554. The molecule has 0 fully saturated rings. The van der Waals surface area contributed by atoms with Gasteiger partial charge in [0.05, 0.1) is 17.6 Å². The second-order valence-electron chi connectivity index (χ2n) is 8.01. The molecule has 0 spiro atoms. The molecule has 27 heavy (non-hydrogen) atoms. The zero-order valence-corrected chi connectivity index (χ0v) is 15.9. The highest BCUT2D eigenvalue weighted by Crippen LogP contribution is 2.48. The fourth-order valence-corrected chi connectivity index (χ4v) is 4.15. The Bertz CT molecular complexity index is 925. The van der Waals surface area contributed by atoms with Crippen LogP contribution in [0.2, 0.25) is 0 Å². The highest BCUT2D eigenvalue weighted by atomic mass is 16.3. The van der Waals surface area contributed by atoms with Crippen LogP contribution in [0.15, 0.2) is 58.3 Å². The summed E-state index contributed by atoms with van der Waals surface area (Å²) < 4.78 is 5.71. The number of anilines is 2. The molecular formula is C22H24N2O3. The van der Waals surface area contributed by atoms with Gasteiger partial charge in [0, 0.05) is 24.1 Å². The van der Waals surface area contributed by atoms with Crippen LogP contribution in [0.5, 0.6) is 0 Å². The molecule has 4 rings (SSSR count). The van der Waals surface area contributed by atoms with E-state index >= 15 is 0 Å². The van der Waals surface area contributed by atoms with Crippen LogP contribution < -0.4 is 10.2 Å². The number of allylic oxidation sites excluding steroid dienone is 1. The molecule has 2 heterocycles. The molecule has 1 aliphatic heterocycles. The second-order valence-corrected chi connectivity index (χ2v) is 8.01. The molecule has 0 bridgehead atoms. The molecule has 1 aliphatic carbocycles. The number of hydrogen-bond donors (Lipinski definition) is 1. The van der Waals surface area contributed by atoms with Crippen LogP contribution in [-0.2, 0) is 9.59 Å². The van der Waals surface area contributed by atoms with Gasteiger partial charge in [0.25, 0.3) is 0 Å². The van der Waals surface area contributed by atoms with E-state index in [4.69, 9.17) is 4.42 Å². The van der Waals surface area contributed by atoms with E-state index in [1.54, 1.807) is 17.2 Å². The number of nitrogens with one attached hydrogen (secondary N) is 1. The SMILES string of the molecule is CCC(=O)N1c2ccccc2NC2=C(C(=O)CC(C)(C)C2)[C@H]1c1ccco1. The number of furan rings is 1. The number of benzene rings is 1. The largest absolute Gasteiger partial charge is 0.467 e. The van der Waals surface area contributed by atoms with Crippen LogP contribution in [0.1, 0.15) is 51.8 Å². The molecule has 0 radical (unpaired) electrons. The van der Waals surface area contributed by atoms with Crippen LogP contribution >= 0.6 is 0 Å². The smallest absolute Gasteiger partial charge is 0.227 e. The average molecular weight is 364 g/mol. The first-order valence-electron chi connectivity index (χ1n) is 9.39. The van der Waals surface area contributed by atoms with Gasteiger partial charge in [0.15, 0.2) is 5.78 Å². The molecule has 2 aliphatic rings. The van der Waals surface area contributed by atoms with Gasteiger partial charge < -0.3 is 9.73 Å². The standard InChI is InChI=1S/C22H24N2O3/c1-4-19(26)24-16-9-6-5-8-14(16)23-15-12-22(2,3)13-17(25)20(15)21(24)18-10-7-11-27-18/h5-11,21,23H,4,12-13H2,1-3H3/t21-/m1/s1. The van der Waals surface area contributed by atoms with Crippen molar-refractivity contribution in [1.29, 1.82) is 0 Å². The molecule has 5 heteroatoms. The van der Waals surface area contributed by atoms with E-state index in [0.29, 0.717) is 24.2 Å². The Morgan fingerprint density at radius 3 is 2.70 bits per heavy atom. The Hall–Kier alpha value is -2.82. The fraction of sp³-hybridized carbons (Fsp3) is 0.364. The molecule has 0 saturated heterocycles. The number of hydrogen-bond acceptors (Lipinski definition) is 4. The lowest BCUT2D eigenvalue weighted by Crippen LogP contribution is -2.39. The Morgan fingerprint density at radius 1 is 1.22 bits per heavy atom. The van der Waals surface area contributed by atoms with Gasteiger partial charge in [-0.2, -0.15) is 0 Å². The third kappa shape index (κ3) is 2.97. The molecule has 1 aromatic carbocycles. The summed E-state index contributed by atoms with van der Waals surface area (Å²) in [6.07, 6.45) is 3.13. The zero-order valence-electron chi connectivity index (χ0n) is 15.9. The van der Waals surface area contributed by atoms with Crippen molar-refractivity contribution in [3.8, 4) is 0 Å². The van der Waals surface area contributed by atoms with Gasteiger partial charge in [-0.15, -0.1) is 0 Å². The topological polar surface area (TPSA) is 62.6 Å². The normalized spacial score (nSPS) is 21.2. The van der Waals surface area contributed by atoms with Crippen LogP contribution in [0.25, 0.3) is 0 Å². The van der Waals surface area contributed by atoms with E-state index in [9.17, 15) is 9.59 Å². The van der Waals surface area contributed by atoms with Crippen molar-refractivity contribution in [2.45, 2.75) is 46.1 Å². The van der Waals surface area contributed by atoms with Crippen molar-refractivity contribution in [2.24, 2.45) is 5.41 Å². The minimum absolute atomic E-state index is 0.0444. The predicted octanol–water partition coefficient (Wildman–Crippen LogP) is 4.83. The quantitative estimate of drug-likeness (QED) is 0.829. The summed E-state index contributed by atoms with van der Waals surface area (Å²) in [6, 6.07) is 10.8. The van der Waals surface area contributed by atoms with Crippen molar-refractivity contribution in [2.75, 3.05) is 10.2 Å². The Kier molecular flexibility index (Phi) is 4.17.